The summed E-state index contributed by atoms with van der Waals surface area (Å²) in [6, 6.07) is 19.0. The molecule has 0 atom stereocenters. The average Bonchev–Trinajstić information content (AvgIpc) is 3.05. The first-order chi connectivity index (χ1) is 21.6. The number of nitro groups is 1. The highest BCUT2D eigenvalue weighted by Gasteiger charge is 2.18. The molecular weight excluding hydrogens is 652 g/mol. The van der Waals surface area contributed by atoms with E-state index in [1.54, 1.807) is 24.3 Å². The van der Waals surface area contributed by atoms with E-state index in [1.165, 1.54) is 69.9 Å². The minimum Gasteiger partial charge on any atom is -0.493 e. The van der Waals surface area contributed by atoms with Crippen molar-refractivity contribution in [2.75, 3.05) is 26.6 Å². The van der Waals surface area contributed by atoms with Crippen LogP contribution in [0.2, 0.25) is 0 Å². The number of anilines is 1. The molecule has 45 heavy (non-hydrogen) atoms. The van der Waals surface area contributed by atoms with E-state index in [4.69, 9.17) is 18.9 Å². The fraction of sp³-hybridized carbons (Fsp3) is 0.0968. The summed E-state index contributed by atoms with van der Waals surface area (Å²) in [5.74, 6) is -0.773. The van der Waals surface area contributed by atoms with Gasteiger partial charge in [0.05, 0.1) is 38.0 Å². The van der Waals surface area contributed by atoms with Crippen LogP contribution in [0.25, 0.3) is 0 Å². The number of esters is 1. The Hall–Kier alpha value is -5.76. The van der Waals surface area contributed by atoms with E-state index >= 15 is 0 Å². The molecule has 0 saturated heterocycles. The van der Waals surface area contributed by atoms with Gasteiger partial charge in [-0.05, 0) is 66.7 Å². The van der Waals surface area contributed by atoms with Crippen LogP contribution in [0.1, 0.15) is 36.6 Å². The van der Waals surface area contributed by atoms with Crippen molar-refractivity contribution in [2.24, 2.45) is 5.10 Å². The molecule has 4 rings (SSSR count). The van der Waals surface area contributed by atoms with Gasteiger partial charge in [-0.1, -0.05) is 15.9 Å². The Balaban J connectivity index is 1.44. The number of ether oxygens (including phenoxy) is 4. The van der Waals surface area contributed by atoms with Crippen LogP contribution in [0, 0.1) is 10.1 Å². The molecule has 0 heterocycles. The number of nitrogens with one attached hydrogen (secondary N) is 2. The van der Waals surface area contributed by atoms with Gasteiger partial charge in [0.15, 0.2) is 11.5 Å². The molecule has 0 radical (unpaired) electrons. The maximum atomic E-state index is 12.9. The number of rotatable bonds is 11. The summed E-state index contributed by atoms with van der Waals surface area (Å²) < 4.78 is 22.1. The van der Waals surface area contributed by atoms with Crippen LogP contribution >= 0.6 is 15.9 Å². The number of benzene rings is 4. The molecule has 0 aromatic heterocycles. The van der Waals surface area contributed by atoms with Crippen molar-refractivity contribution in [3.63, 3.8) is 0 Å². The number of amides is 2. The topological polar surface area (TPSA) is 168 Å². The highest BCUT2D eigenvalue weighted by molar-refractivity contribution is 9.10. The second kappa shape index (κ2) is 14.6. The molecule has 0 aliphatic heterocycles. The van der Waals surface area contributed by atoms with Gasteiger partial charge in [0.2, 0.25) is 5.75 Å². The quantitative estimate of drug-likeness (QED) is 0.0673. The van der Waals surface area contributed by atoms with E-state index in [0.717, 1.165) is 16.8 Å². The Kier molecular flexibility index (Phi) is 10.4. The smallest absolute Gasteiger partial charge is 0.343 e. The monoisotopic (exact) mass is 676 g/mol. The summed E-state index contributed by atoms with van der Waals surface area (Å²) in [6.07, 6.45) is 1.13. The number of carbonyl (C=O) groups is 3. The van der Waals surface area contributed by atoms with Gasteiger partial charge in [-0.3, -0.25) is 19.7 Å². The lowest BCUT2D eigenvalue weighted by molar-refractivity contribution is -0.384. The number of halogens is 1. The van der Waals surface area contributed by atoms with Crippen molar-refractivity contribution >= 4 is 51.3 Å². The number of carbonyl (C=O) groups excluding carboxylic acids is 3. The Morgan fingerprint density at radius 1 is 0.778 bits per heavy atom. The highest BCUT2D eigenvalue weighted by atomic mass is 79.9. The molecule has 14 heteroatoms. The number of hydrazone groups is 1. The summed E-state index contributed by atoms with van der Waals surface area (Å²) >= 11 is 3.29. The van der Waals surface area contributed by atoms with Gasteiger partial charge in [-0.15, -0.1) is 0 Å². The third-order valence-electron chi connectivity index (χ3n) is 6.19. The van der Waals surface area contributed by atoms with Crippen molar-refractivity contribution in [1.29, 1.82) is 0 Å². The molecule has 0 fully saturated rings. The van der Waals surface area contributed by atoms with E-state index in [1.807, 2.05) is 0 Å². The zero-order valence-electron chi connectivity index (χ0n) is 24.0. The van der Waals surface area contributed by atoms with Crippen LogP contribution in [-0.4, -0.2) is 50.3 Å². The van der Waals surface area contributed by atoms with E-state index < -0.39 is 22.7 Å². The van der Waals surface area contributed by atoms with Gasteiger partial charge >= 0.3 is 5.97 Å². The summed E-state index contributed by atoms with van der Waals surface area (Å²) in [4.78, 5) is 48.8. The largest absolute Gasteiger partial charge is 0.493 e. The predicted molar refractivity (Wildman–Crippen MR) is 168 cm³/mol. The van der Waals surface area contributed by atoms with Crippen LogP contribution in [0.15, 0.2) is 88.4 Å². The zero-order valence-corrected chi connectivity index (χ0v) is 25.6. The van der Waals surface area contributed by atoms with E-state index in [0.29, 0.717) is 22.9 Å². The molecule has 230 valence electrons. The van der Waals surface area contributed by atoms with Crippen molar-refractivity contribution in [3.8, 4) is 23.0 Å². The first-order valence-corrected chi connectivity index (χ1v) is 13.7. The Morgan fingerprint density at radius 3 is 1.98 bits per heavy atom. The standard InChI is InChI=1S/C31H25BrN4O9/c1-42-26-15-20(16-27(43-2)28(26)44-3)29(37)34-23-10-6-18(7-11-23)30(38)35-33-17-21-14-24(36(40)41)12-13-25(21)45-31(39)19-4-8-22(32)9-5-19/h4-17H,1-3H3,(H,34,37)(H,35,38)/b33-17+. The number of methoxy groups -OCH3 is 3. The molecular formula is C31H25BrN4O9. The van der Waals surface area contributed by atoms with E-state index in [2.05, 4.69) is 31.8 Å². The normalized spacial score (nSPS) is 10.6. The fourth-order valence-electron chi connectivity index (χ4n) is 3.93. The van der Waals surface area contributed by atoms with Crippen LogP contribution < -0.4 is 29.7 Å². The Morgan fingerprint density at radius 2 is 1.40 bits per heavy atom. The minimum atomic E-state index is -0.688. The molecule has 0 saturated carbocycles. The van der Waals surface area contributed by atoms with Crippen molar-refractivity contribution in [2.45, 2.75) is 0 Å². The van der Waals surface area contributed by atoms with E-state index in [-0.39, 0.29) is 33.7 Å². The number of non-ortho nitro benzene ring substituents is 1. The van der Waals surface area contributed by atoms with Crippen molar-refractivity contribution in [1.82, 2.24) is 5.43 Å². The minimum absolute atomic E-state index is 0.00119. The summed E-state index contributed by atoms with van der Waals surface area (Å²) in [6.45, 7) is 0. The molecule has 2 amide bonds. The predicted octanol–water partition coefficient (Wildman–Crippen LogP) is 5.62. The molecule has 4 aromatic carbocycles. The van der Waals surface area contributed by atoms with Crippen molar-refractivity contribution in [3.05, 3.63) is 116 Å². The van der Waals surface area contributed by atoms with Gasteiger partial charge in [0.1, 0.15) is 5.75 Å². The molecule has 0 aliphatic rings. The first kappa shape index (κ1) is 32.2. The summed E-state index contributed by atoms with van der Waals surface area (Å²) in [5, 5.41) is 17.9. The Labute approximate surface area is 265 Å². The SMILES string of the molecule is COc1cc(C(=O)Nc2ccc(C(=O)N/N=C/c3cc([N+](=O)[O-])ccc3OC(=O)c3ccc(Br)cc3)cc2)cc(OC)c1OC. The van der Waals surface area contributed by atoms with E-state index in [9.17, 15) is 24.5 Å². The molecule has 2 N–H and O–H groups in total. The number of hydrogen-bond acceptors (Lipinski definition) is 10. The Bertz CT molecular complexity index is 1750. The van der Waals surface area contributed by atoms with Gasteiger partial charge in [-0.25, -0.2) is 10.2 Å². The number of nitro benzene ring substituents is 1. The average molecular weight is 677 g/mol. The van der Waals surface area contributed by atoms with Gasteiger partial charge in [-0.2, -0.15) is 5.10 Å². The van der Waals surface area contributed by atoms with Gasteiger partial charge in [0, 0.05) is 39.0 Å². The third-order valence-corrected chi connectivity index (χ3v) is 6.72. The second-order valence-electron chi connectivity index (χ2n) is 9.02. The molecule has 0 spiro atoms. The fourth-order valence-corrected chi connectivity index (χ4v) is 4.20. The van der Waals surface area contributed by atoms with Crippen LogP contribution in [-0.2, 0) is 0 Å². The third kappa shape index (κ3) is 8.00. The number of hydrogen-bond donors (Lipinski definition) is 2. The van der Waals surface area contributed by atoms with Gasteiger partial charge < -0.3 is 24.3 Å². The molecule has 13 nitrogen and oxygen atoms in total. The molecule has 0 bridgehead atoms. The summed E-state index contributed by atoms with van der Waals surface area (Å²) in [7, 11) is 4.34. The molecule has 0 aliphatic carbocycles. The maximum absolute atomic E-state index is 12.9. The lowest BCUT2D eigenvalue weighted by Gasteiger charge is -2.14. The highest BCUT2D eigenvalue weighted by Crippen LogP contribution is 2.38. The second-order valence-corrected chi connectivity index (χ2v) is 9.94. The first-order valence-electron chi connectivity index (χ1n) is 12.9. The van der Waals surface area contributed by atoms with Gasteiger partial charge in [0.25, 0.3) is 17.5 Å². The lowest BCUT2D eigenvalue weighted by atomic mass is 10.1. The van der Waals surface area contributed by atoms with Crippen LogP contribution in [0.5, 0.6) is 23.0 Å². The van der Waals surface area contributed by atoms with Crippen LogP contribution in [0.4, 0.5) is 11.4 Å². The lowest BCUT2D eigenvalue weighted by Crippen LogP contribution is -2.18. The zero-order chi connectivity index (χ0) is 32.5. The summed E-state index contributed by atoms with van der Waals surface area (Å²) in [5.41, 5.74) is 3.27. The molecule has 4 aromatic rings. The van der Waals surface area contributed by atoms with Crippen LogP contribution in [0.3, 0.4) is 0 Å². The maximum Gasteiger partial charge on any atom is 0.343 e. The molecule has 0 unspecified atom stereocenters. The number of nitrogens with zero attached hydrogens (tertiary/aromatic N) is 2. The van der Waals surface area contributed by atoms with Crippen molar-refractivity contribution < 1.29 is 38.3 Å².